The largest absolute Gasteiger partial charge is 0.519 e. The maximum absolute atomic E-state index is 12.1. The Morgan fingerprint density at radius 3 is 2.10 bits per heavy atom. The average Bonchev–Trinajstić information content (AvgIpc) is 2.31. The van der Waals surface area contributed by atoms with E-state index in [1.165, 1.54) is 0 Å². The van der Waals surface area contributed by atoms with Crippen molar-refractivity contribution in [1.29, 1.82) is 0 Å². The van der Waals surface area contributed by atoms with Crippen molar-refractivity contribution in [3.05, 3.63) is 0 Å². The highest BCUT2D eigenvalue weighted by molar-refractivity contribution is 6.75. The number of carbonyl (C=O) groups excluding carboxylic acids is 2. The molecule has 0 aromatic rings. The molecule has 0 saturated heterocycles. The fraction of sp³-hybridized carbons (Fsp3) is 0.867. The van der Waals surface area contributed by atoms with Crippen molar-refractivity contribution in [2.75, 3.05) is 13.2 Å². The molecule has 1 N–H and O–H groups in total. The van der Waals surface area contributed by atoms with Crippen LogP contribution in [0, 0.1) is 11.8 Å². The second-order valence-electron chi connectivity index (χ2n) is 7.46. The van der Waals surface area contributed by atoms with E-state index in [1.54, 1.807) is 6.92 Å². The molecule has 0 aliphatic carbocycles. The fourth-order valence-electron chi connectivity index (χ4n) is 1.12. The van der Waals surface area contributed by atoms with Crippen LogP contribution in [-0.2, 0) is 14.0 Å². The highest BCUT2D eigenvalue weighted by Gasteiger charge is 2.41. The molecule has 1 atom stereocenters. The van der Waals surface area contributed by atoms with Crippen molar-refractivity contribution < 1.29 is 18.8 Å². The van der Waals surface area contributed by atoms with E-state index >= 15 is 0 Å². The number of nitrogens with one attached hydrogen (secondary N) is 1. The predicted molar refractivity (Wildman–Crippen MR) is 86.6 cm³/mol. The minimum atomic E-state index is -2.11. The molecule has 0 spiro atoms. The summed E-state index contributed by atoms with van der Waals surface area (Å²) >= 11 is 0. The van der Waals surface area contributed by atoms with E-state index in [2.05, 4.69) is 26.1 Å². The Kier molecular flexibility index (Phi) is 7.43. The number of hydrogen-bond acceptors (Lipinski definition) is 4. The third kappa shape index (κ3) is 7.50. The summed E-state index contributed by atoms with van der Waals surface area (Å²) in [6.45, 7) is 16.6. The van der Waals surface area contributed by atoms with Crippen molar-refractivity contribution in [2.24, 2.45) is 11.8 Å². The van der Waals surface area contributed by atoms with Gasteiger partial charge in [-0.2, -0.15) is 0 Å². The van der Waals surface area contributed by atoms with E-state index in [0.717, 1.165) is 0 Å². The van der Waals surface area contributed by atoms with Gasteiger partial charge in [0.15, 0.2) is 0 Å². The minimum absolute atomic E-state index is 0.0218. The molecule has 0 fully saturated rings. The van der Waals surface area contributed by atoms with Crippen LogP contribution in [0.15, 0.2) is 0 Å². The number of carbonyl (C=O) groups is 2. The number of ether oxygens (including phenoxy) is 1. The molecule has 0 aliphatic heterocycles. The third-order valence-corrected chi connectivity index (χ3v) is 7.99. The monoisotopic (exact) mass is 317 g/mol. The molecular formula is C15H31NO4Si. The van der Waals surface area contributed by atoms with Gasteiger partial charge in [0.25, 0.3) is 14.3 Å². The molecule has 0 aromatic heterocycles. The van der Waals surface area contributed by atoms with Gasteiger partial charge < -0.3 is 14.5 Å². The Morgan fingerprint density at radius 1 is 1.14 bits per heavy atom. The van der Waals surface area contributed by atoms with E-state index < -0.39 is 14.4 Å². The number of amides is 1. The molecular weight excluding hydrogens is 286 g/mol. The van der Waals surface area contributed by atoms with Crippen molar-refractivity contribution in [3.8, 4) is 0 Å². The second kappa shape index (κ2) is 7.82. The first-order chi connectivity index (χ1) is 9.36. The van der Waals surface area contributed by atoms with Crippen LogP contribution < -0.4 is 5.32 Å². The molecule has 5 nitrogen and oxygen atoms in total. The second-order valence-corrected chi connectivity index (χ2v) is 12.2. The molecule has 0 bridgehead atoms. The summed E-state index contributed by atoms with van der Waals surface area (Å²) in [4.78, 5) is 23.5. The van der Waals surface area contributed by atoms with Gasteiger partial charge in [0, 0.05) is 6.54 Å². The summed E-state index contributed by atoms with van der Waals surface area (Å²) in [6.07, 6.45) is -0.490. The van der Waals surface area contributed by atoms with Gasteiger partial charge >= 0.3 is 6.09 Å². The maximum Gasteiger partial charge on any atom is 0.407 e. The Morgan fingerprint density at radius 2 is 1.67 bits per heavy atom. The SMILES string of the molecule is CC(C)COC(=O)NCC(C)C(=O)O[Si](C)(C)C(C)(C)C. The molecule has 0 rings (SSSR count). The zero-order chi connectivity index (χ0) is 16.8. The highest BCUT2D eigenvalue weighted by Crippen LogP contribution is 2.36. The van der Waals surface area contributed by atoms with Crippen LogP contribution in [0.1, 0.15) is 41.5 Å². The van der Waals surface area contributed by atoms with Crippen LogP contribution in [-0.4, -0.2) is 33.5 Å². The number of alkyl carbamates (subject to hydrolysis) is 1. The van der Waals surface area contributed by atoms with Crippen LogP contribution >= 0.6 is 0 Å². The number of rotatable bonds is 6. The topological polar surface area (TPSA) is 64.6 Å². The first-order valence-corrected chi connectivity index (χ1v) is 10.4. The van der Waals surface area contributed by atoms with Crippen molar-refractivity contribution in [1.82, 2.24) is 5.32 Å². The smallest absolute Gasteiger partial charge is 0.407 e. The van der Waals surface area contributed by atoms with E-state index in [1.807, 2.05) is 26.9 Å². The van der Waals surface area contributed by atoms with E-state index in [0.29, 0.717) is 6.61 Å². The number of hydrogen-bond donors (Lipinski definition) is 1. The van der Waals surface area contributed by atoms with E-state index in [9.17, 15) is 9.59 Å². The lowest BCUT2D eigenvalue weighted by Gasteiger charge is -2.36. The van der Waals surface area contributed by atoms with Gasteiger partial charge in [0.2, 0.25) is 0 Å². The van der Waals surface area contributed by atoms with Crippen LogP contribution in [0.2, 0.25) is 18.1 Å². The van der Waals surface area contributed by atoms with Crippen molar-refractivity contribution in [3.63, 3.8) is 0 Å². The molecule has 0 saturated carbocycles. The standard InChI is InChI=1S/C15H31NO4Si/c1-11(2)10-19-14(18)16-9-12(3)13(17)20-21(7,8)15(4,5)6/h11-12H,9-10H2,1-8H3,(H,16,18). The molecule has 124 valence electrons. The quantitative estimate of drug-likeness (QED) is 0.761. The Balaban J connectivity index is 4.26. The van der Waals surface area contributed by atoms with Crippen molar-refractivity contribution >= 4 is 20.4 Å². The summed E-state index contributed by atoms with van der Waals surface area (Å²) in [5.41, 5.74) is 0. The van der Waals surface area contributed by atoms with Gasteiger partial charge in [-0.05, 0) is 24.1 Å². The van der Waals surface area contributed by atoms with E-state index in [4.69, 9.17) is 9.16 Å². The molecule has 0 aliphatic rings. The fourth-order valence-corrected chi connectivity index (χ4v) is 2.13. The van der Waals surface area contributed by atoms with Gasteiger partial charge in [-0.15, -0.1) is 0 Å². The first kappa shape index (κ1) is 20.0. The summed E-state index contributed by atoms with van der Waals surface area (Å²) in [5, 5.41) is 2.57. The molecule has 21 heavy (non-hydrogen) atoms. The lowest BCUT2D eigenvalue weighted by atomic mass is 10.2. The zero-order valence-electron chi connectivity index (χ0n) is 14.7. The summed E-state index contributed by atoms with van der Waals surface area (Å²) in [5.74, 6) is -0.354. The minimum Gasteiger partial charge on any atom is -0.519 e. The Bertz CT molecular complexity index is 361. The third-order valence-electron chi connectivity index (χ3n) is 3.66. The molecule has 1 amide bonds. The molecule has 1 unspecified atom stereocenters. The summed E-state index contributed by atoms with van der Waals surface area (Å²) in [6, 6.07) is 0. The molecule has 0 aromatic carbocycles. The normalized spacial score (nSPS) is 13.8. The highest BCUT2D eigenvalue weighted by atomic mass is 28.4. The van der Waals surface area contributed by atoms with Gasteiger partial charge in [-0.25, -0.2) is 4.79 Å². The molecule has 0 heterocycles. The predicted octanol–water partition coefficient (Wildman–Crippen LogP) is 3.55. The lowest BCUT2D eigenvalue weighted by molar-refractivity contribution is -0.139. The van der Waals surface area contributed by atoms with Gasteiger partial charge in [-0.1, -0.05) is 41.5 Å². The van der Waals surface area contributed by atoms with Gasteiger partial charge in [-0.3, -0.25) is 4.79 Å². The Labute approximate surface area is 129 Å². The van der Waals surface area contributed by atoms with Crippen LogP contribution in [0.5, 0.6) is 0 Å². The van der Waals surface area contributed by atoms with Gasteiger partial charge in [0.1, 0.15) is 0 Å². The lowest BCUT2D eigenvalue weighted by Crippen LogP contribution is -2.45. The molecule has 0 radical (unpaired) electrons. The van der Waals surface area contributed by atoms with Gasteiger partial charge in [0.05, 0.1) is 12.5 Å². The van der Waals surface area contributed by atoms with Crippen LogP contribution in [0.4, 0.5) is 4.79 Å². The van der Waals surface area contributed by atoms with Crippen LogP contribution in [0.25, 0.3) is 0 Å². The first-order valence-electron chi connectivity index (χ1n) is 7.50. The molecule has 6 heteroatoms. The maximum atomic E-state index is 12.1. The van der Waals surface area contributed by atoms with Crippen molar-refractivity contribution in [2.45, 2.75) is 59.7 Å². The van der Waals surface area contributed by atoms with E-state index in [-0.39, 0.29) is 29.4 Å². The van der Waals surface area contributed by atoms with Crippen LogP contribution in [0.3, 0.4) is 0 Å². The summed E-state index contributed by atoms with van der Waals surface area (Å²) < 4.78 is 10.7. The Hall–Kier alpha value is -1.04. The zero-order valence-corrected chi connectivity index (χ0v) is 15.7. The summed E-state index contributed by atoms with van der Waals surface area (Å²) in [7, 11) is -2.11. The average molecular weight is 318 g/mol.